The molecule has 1 aromatic heterocycles. The van der Waals surface area contributed by atoms with Gasteiger partial charge in [0.2, 0.25) is 5.28 Å². The highest BCUT2D eigenvalue weighted by molar-refractivity contribution is 6.28. The number of hydrogen-bond acceptors (Lipinski definition) is 2. The summed E-state index contributed by atoms with van der Waals surface area (Å²) in [6.45, 7) is 0. The minimum absolute atomic E-state index is 0.300. The average Bonchev–Trinajstić information content (AvgIpc) is 2.83. The van der Waals surface area contributed by atoms with Crippen LogP contribution in [0, 0.1) is 0 Å². The Morgan fingerprint density at radius 3 is 3.00 bits per heavy atom. The van der Waals surface area contributed by atoms with Crippen molar-refractivity contribution in [3.05, 3.63) is 46.5 Å². The number of nitrogens with zero attached hydrogens (tertiary/aromatic N) is 2. The van der Waals surface area contributed by atoms with E-state index in [0.717, 1.165) is 18.7 Å². The quantitative estimate of drug-likeness (QED) is 0.801. The molecule has 4 heteroatoms. The van der Waals surface area contributed by atoms with Crippen molar-refractivity contribution < 1.29 is 0 Å². The molecule has 0 fully saturated rings. The molecule has 1 atom stereocenters. The van der Waals surface area contributed by atoms with Gasteiger partial charge in [-0.15, -0.1) is 5.10 Å². The molecule has 2 aromatic rings. The minimum Gasteiger partial charge on any atom is -0.261 e. The van der Waals surface area contributed by atoms with E-state index in [1.807, 2.05) is 0 Å². The van der Waals surface area contributed by atoms with Gasteiger partial charge in [0, 0.05) is 5.92 Å². The van der Waals surface area contributed by atoms with E-state index in [2.05, 4.69) is 39.4 Å². The Balaban J connectivity index is 2.04. The summed E-state index contributed by atoms with van der Waals surface area (Å²) in [4.78, 5) is 4.19. The largest absolute Gasteiger partial charge is 0.261 e. The summed E-state index contributed by atoms with van der Waals surface area (Å²) in [6.07, 6.45) is 2.20. The first kappa shape index (κ1) is 8.92. The van der Waals surface area contributed by atoms with Gasteiger partial charge in [0.25, 0.3) is 0 Å². The molecular formula is C11H10ClN3. The topological polar surface area (TPSA) is 41.6 Å². The molecule has 1 aliphatic rings. The van der Waals surface area contributed by atoms with Crippen molar-refractivity contribution in [2.45, 2.75) is 18.8 Å². The van der Waals surface area contributed by atoms with Crippen LogP contribution >= 0.6 is 11.6 Å². The monoisotopic (exact) mass is 219 g/mol. The van der Waals surface area contributed by atoms with Gasteiger partial charge in [0.1, 0.15) is 5.82 Å². The molecular weight excluding hydrogens is 210 g/mol. The van der Waals surface area contributed by atoms with Crippen molar-refractivity contribution in [2.75, 3.05) is 0 Å². The van der Waals surface area contributed by atoms with E-state index < -0.39 is 0 Å². The van der Waals surface area contributed by atoms with Gasteiger partial charge >= 0.3 is 0 Å². The molecule has 0 bridgehead atoms. The second kappa shape index (κ2) is 3.35. The number of halogens is 1. The van der Waals surface area contributed by atoms with Crippen molar-refractivity contribution in [2.24, 2.45) is 0 Å². The highest BCUT2D eigenvalue weighted by atomic mass is 35.5. The Morgan fingerprint density at radius 1 is 1.33 bits per heavy atom. The number of aromatic amines is 1. The fourth-order valence-electron chi connectivity index (χ4n) is 2.25. The summed E-state index contributed by atoms with van der Waals surface area (Å²) in [5.41, 5.74) is 2.76. The zero-order chi connectivity index (χ0) is 10.3. The summed E-state index contributed by atoms with van der Waals surface area (Å²) in [5, 5.41) is 7.06. The predicted molar refractivity (Wildman–Crippen MR) is 58.0 cm³/mol. The maximum absolute atomic E-state index is 5.71. The van der Waals surface area contributed by atoms with Crippen LogP contribution in [0.15, 0.2) is 24.3 Å². The van der Waals surface area contributed by atoms with Gasteiger partial charge in [-0.3, -0.25) is 5.10 Å². The number of fused-ring (bicyclic) bond motifs is 1. The number of hydrogen-bond donors (Lipinski definition) is 1. The second-order valence-corrected chi connectivity index (χ2v) is 4.12. The summed E-state index contributed by atoms with van der Waals surface area (Å²) in [6, 6.07) is 8.47. The fraction of sp³-hybridized carbons (Fsp3) is 0.273. The summed E-state index contributed by atoms with van der Waals surface area (Å²) < 4.78 is 0. The van der Waals surface area contributed by atoms with Crippen molar-refractivity contribution in [3.63, 3.8) is 0 Å². The van der Waals surface area contributed by atoms with Gasteiger partial charge in [0.05, 0.1) is 0 Å². The number of rotatable bonds is 1. The summed E-state index contributed by atoms with van der Waals surface area (Å²) >= 11 is 5.71. The molecule has 1 N–H and O–H groups in total. The van der Waals surface area contributed by atoms with Crippen LogP contribution in [0.1, 0.15) is 29.3 Å². The molecule has 0 spiro atoms. The third kappa shape index (κ3) is 1.43. The van der Waals surface area contributed by atoms with Crippen molar-refractivity contribution >= 4 is 11.6 Å². The minimum atomic E-state index is 0.300. The Hall–Kier alpha value is -1.35. The molecule has 0 amide bonds. The van der Waals surface area contributed by atoms with E-state index in [9.17, 15) is 0 Å². The van der Waals surface area contributed by atoms with Gasteiger partial charge in [-0.25, -0.2) is 4.98 Å². The zero-order valence-electron chi connectivity index (χ0n) is 8.07. The van der Waals surface area contributed by atoms with Gasteiger partial charge in [0.15, 0.2) is 0 Å². The molecule has 1 heterocycles. The third-order valence-electron chi connectivity index (χ3n) is 2.94. The van der Waals surface area contributed by atoms with Gasteiger partial charge in [-0.05, 0) is 35.6 Å². The Morgan fingerprint density at radius 2 is 2.20 bits per heavy atom. The molecule has 1 aromatic carbocycles. The lowest BCUT2D eigenvalue weighted by atomic mass is 10.0. The van der Waals surface area contributed by atoms with E-state index in [1.165, 1.54) is 11.1 Å². The SMILES string of the molecule is Clc1n[nH]c(C2CCc3ccccc32)n1. The van der Waals surface area contributed by atoms with Crippen LogP contribution < -0.4 is 0 Å². The van der Waals surface area contributed by atoms with E-state index in [1.54, 1.807) is 0 Å². The van der Waals surface area contributed by atoms with E-state index in [-0.39, 0.29) is 0 Å². The first-order valence-electron chi connectivity index (χ1n) is 5.00. The van der Waals surface area contributed by atoms with Crippen molar-refractivity contribution in [1.82, 2.24) is 15.2 Å². The Kier molecular flexibility index (Phi) is 1.99. The van der Waals surface area contributed by atoms with Crippen LogP contribution in [0.5, 0.6) is 0 Å². The Labute approximate surface area is 92.5 Å². The van der Waals surface area contributed by atoms with Crippen LogP contribution in [0.3, 0.4) is 0 Å². The lowest BCUT2D eigenvalue weighted by molar-refractivity contribution is 0.733. The predicted octanol–water partition coefficient (Wildman–Crippen LogP) is 2.54. The van der Waals surface area contributed by atoms with E-state index >= 15 is 0 Å². The molecule has 1 aliphatic carbocycles. The maximum Gasteiger partial charge on any atom is 0.242 e. The van der Waals surface area contributed by atoms with Crippen LogP contribution in [-0.2, 0) is 6.42 Å². The second-order valence-electron chi connectivity index (χ2n) is 3.78. The third-order valence-corrected chi connectivity index (χ3v) is 3.11. The fourth-order valence-corrected chi connectivity index (χ4v) is 2.38. The molecule has 15 heavy (non-hydrogen) atoms. The molecule has 1 unspecified atom stereocenters. The highest BCUT2D eigenvalue weighted by Crippen LogP contribution is 2.36. The summed E-state index contributed by atoms with van der Waals surface area (Å²) in [5.74, 6) is 1.21. The number of aromatic nitrogens is 3. The molecule has 0 radical (unpaired) electrons. The standard InChI is InChI=1S/C11H10ClN3/c12-11-13-10(14-15-11)9-6-5-7-3-1-2-4-8(7)9/h1-4,9H,5-6H2,(H,13,14,15). The first-order valence-corrected chi connectivity index (χ1v) is 5.38. The van der Waals surface area contributed by atoms with E-state index in [0.29, 0.717) is 11.2 Å². The lowest BCUT2D eigenvalue weighted by Gasteiger charge is -2.06. The number of aryl methyl sites for hydroxylation is 1. The smallest absolute Gasteiger partial charge is 0.242 e. The average molecular weight is 220 g/mol. The van der Waals surface area contributed by atoms with Gasteiger partial charge < -0.3 is 0 Å². The Bertz CT molecular complexity index is 492. The maximum atomic E-state index is 5.71. The van der Waals surface area contributed by atoms with Crippen LogP contribution in [0.25, 0.3) is 0 Å². The van der Waals surface area contributed by atoms with Gasteiger partial charge in [-0.2, -0.15) is 0 Å². The number of H-pyrrole nitrogens is 1. The molecule has 0 aliphatic heterocycles. The number of benzene rings is 1. The molecule has 76 valence electrons. The number of nitrogens with one attached hydrogen (secondary N) is 1. The zero-order valence-corrected chi connectivity index (χ0v) is 8.83. The molecule has 0 saturated heterocycles. The van der Waals surface area contributed by atoms with Crippen LogP contribution in [-0.4, -0.2) is 15.2 Å². The normalized spacial score (nSPS) is 19.1. The lowest BCUT2D eigenvalue weighted by Crippen LogP contribution is -1.98. The van der Waals surface area contributed by atoms with E-state index in [4.69, 9.17) is 11.6 Å². The molecule has 3 nitrogen and oxygen atoms in total. The van der Waals surface area contributed by atoms with Gasteiger partial charge in [-0.1, -0.05) is 24.3 Å². The van der Waals surface area contributed by atoms with Crippen molar-refractivity contribution in [3.8, 4) is 0 Å². The highest BCUT2D eigenvalue weighted by Gasteiger charge is 2.25. The van der Waals surface area contributed by atoms with Crippen molar-refractivity contribution in [1.29, 1.82) is 0 Å². The van der Waals surface area contributed by atoms with Crippen LogP contribution in [0.2, 0.25) is 5.28 Å². The molecule has 0 saturated carbocycles. The van der Waals surface area contributed by atoms with Crippen LogP contribution in [0.4, 0.5) is 0 Å². The first-order chi connectivity index (χ1) is 7.34. The summed E-state index contributed by atoms with van der Waals surface area (Å²) in [7, 11) is 0. The molecule has 3 rings (SSSR count).